The number of ether oxygens (including phenoxy) is 1. The van der Waals surface area contributed by atoms with Crippen LogP contribution in [-0.4, -0.2) is 57.0 Å². The number of carbonyl (C=O) groups excluding carboxylic acids is 1. The number of rotatable bonds is 3. The van der Waals surface area contributed by atoms with Crippen LogP contribution in [0.1, 0.15) is 18.5 Å². The Labute approximate surface area is 127 Å². The zero-order chi connectivity index (χ0) is 15.7. The molecule has 1 atom stereocenters. The van der Waals surface area contributed by atoms with E-state index in [1.807, 2.05) is 13.0 Å². The SMILES string of the molecule is COC(=O)C(O)C1CCN(c2cc(C)nc3ncnn23)CC1. The fourth-order valence-corrected chi connectivity index (χ4v) is 2.89. The molecule has 2 aromatic rings. The van der Waals surface area contributed by atoms with E-state index < -0.39 is 12.1 Å². The maximum Gasteiger partial charge on any atom is 0.334 e. The first-order valence-corrected chi connectivity index (χ1v) is 7.28. The maximum absolute atomic E-state index is 11.4. The van der Waals surface area contributed by atoms with Crippen molar-refractivity contribution >= 4 is 17.6 Å². The van der Waals surface area contributed by atoms with Gasteiger partial charge in [0.2, 0.25) is 0 Å². The highest BCUT2D eigenvalue weighted by atomic mass is 16.5. The van der Waals surface area contributed by atoms with Crippen molar-refractivity contribution in [3.63, 3.8) is 0 Å². The molecular weight excluding hydrogens is 286 g/mol. The number of methoxy groups -OCH3 is 1. The predicted molar refractivity (Wildman–Crippen MR) is 78.5 cm³/mol. The summed E-state index contributed by atoms with van der Waals surface area (Å²) in [5, 5.41) is 14.2. The smallest absolute Gasteiger partial charge is 0.334 e. The van der Waals surface area contributed by atoms with E-state index in [1.165, 1.54) is 13.4 Å². The number of piperidine rings is 1. The third-order valence-corrected chi connectivity index (χ3v) is 4.11. The van der Waals surface area contributed by atoms with Crippen LogP contribution in [0.5, 0.6) is 0 Å². The van der Waals surface area contributed by atoms with Crippen molar-refractivity contribution in [2.24, 2.45) is 5.92 Å². The van der Waals surface area contributed by atoms with E-state index in [-0.39, 0.29) is 5.92 Å². The highest BCUT2D eigenvalue weighted by molar-refractivity contribution is 5.74. The lowest BCUT2D eigenvalue weighted by Crippen LogP contribution is -2.41. The number of aryl methyl sites for hydroxylation is 1. The van der Waals surface area contributed by atoms with E-state index in [1.54, 1.807) is 4.52 Å². The molecule has 0 bridgehead atoms. The Morgan fingerprint density at radius 3 is 2.86 bits per heavy atom. The molecule has 0 saturated carbocycles. The minimum absolute atomic E-state index is 0.0714. The Morgan fingerprint density at radius 2 is 2.18 bits per heavy atom. The number of hydrogen-bond acceptors (Lipinski definition) is 7. The number of carbonyl (C=O) groups is 1. The van der Waals surface area contributed by atoms with E-state index in [0.29, 0.717) is 18.6 Å². The zero-order valence-corrected chi connectivity index (χ0v) is 12.6. The molecule has 8 nitrogen and oxygen atoms in total. The summed E-state index contributed by atoms with van der Waals surface area (Å²) in [7, 11) is 1.29. The molecule has 2 aromatic heterocycles. The molecule has 0 radical (unpaired) electrons. The topological polar surface area (TPSA) is 92.9 Å². The van der Waals surface area contributed by atoms with Crippen molar-refractivity contribution in [1.82, 2.24) is 19.6 Å². The molecule has 0 spiro atoms. The Hall–Kier alpha value is -2.22. The number of anilines is 1. The van der Waals surface area contributed by atoms with Crippen LogP contribution in [0.15, 0.2) is 12.4 Å². The van der Waals surface area contributed by atoms with Gasteiger partial charge in [-0.2, -0.15) is 14.6 Å². The monoisotopic (exact) mass is 305 g/mol. The van der Waals surface area contributed by atoms with Crippen molar-refractivity contribution in [1.29, 1.82) is 0 Å². The largest absolute Gasteiger partial charge is 0.467 e. The number of esters is 1. The average Bonchev–Trinajstić information content (AvgIpc) is 3.01. The highest BCUT2D eigenvalue weighted by Crippen LogP contribution is 2.26. The summed E-state index contributed by atoms with van der Waals surface area (Å²) in [6, 6.07) is 1.97. The van der Waals surface area contributed by atoms with Gasteiger partial charge < -0.3 is 14.7 Å². The number of fused-ring (bicyclic) bond motifs is 1. The summed E-state index contributed by atoms with van der Waals surface area (Å²) >= 11 is 0. The van der Waals surface area contributed by atoms with E-state index in [4.69, 9.17) is 0 Å². The Balaban J connectivity index is 1.76. The van der Waals surface area contributed by atoms with Gasteiger partial charge in [0.25, 0.3) is 5.78 Å². The molecule has 1 saturated heterocycles. The molecule has 1 fully saturated rings. The normalized spacial score (nSPS) is 17.7. The van der Waals surface area contributed by atoms with Crippen molar-refractivity contribution in [3.05, 3.63) is 18.1 Å². The fourth-order valence-electron chi connectivity index (χ4n) is 2.89. The van der Waals surface area contributed by atoms with Crippen LogP contribution in [0.3, 0.4) is 0 Å². The first-order chi connectivity index (χ1) is 10.6. The van der Waals surface area contributed by atoms with Crippen LogP contribution in [0.2, 0.25) is 0 Å². The second-order valence-corrected chi connectivity index (χ2v) is 5.52. The predicted octanol–water partition coefficient (Wildman–Crippen LogP) is 0.183. The first kappa shape index (κ1) is 14.7. The fraction of sp³-hybridized carbons (Fsp3) is 0.571. The average molecular weight is 305 g/mol. The molecule has 1 N–H and O–H groups in total. The standard InChI is InChI=1S/C14H19N5O3/c1-9-7-11(19-14(17-9)15-8-16-19)18-5-3-10(4-6-18)12(20)13(21)22-2/h7-8,10,12,20H,3-6H2,1-2H3. The van der Waals surface area contributed by atoms with Crippen molar-refractivity contribution in [2.45, 2.75) is 25.9 Å². The van der Waals surface area contributed by atoms with Gasteiger partial charge in [0, 0.05) is 24.8 Å². The van der Waals surface area contributed by atoms with Gasteiger partial charge in [-0.25, -0.2) is 9.78 Å². The van der Waals surface area contributed by atoms with E-state index >= 15 is 0 Å². The highest BCUT2D eigenvalue weighted by Gasteiger charge is 2.31. The molecule has 0 aromatic carbocycles. The summed E-state index contributed by atoms with van der Waals surface area (Å²) < 4.78 is 6.32. The van der Waals surface area contributed by atoms with Gasteiger partial charge in [-0.3, -0.25) is 0 Å². The van der Waals surface area contributed by atoms with E-state index in [9.17, 15) is 9.90 Å². The quantitative estimate of drug-likeness (QED) is 0.809. The lowest BCUT2D eigenvalue weighted by molar-refractivity contribution is -0.153. The molecular formula is C14H19N5O3. The second-order valence-electron chi connectivity index (χ2n) is 5.52. The molecule has 1 unspecified atom stereocenters. The van der Waals surface area contributed by atoms with Gasteiger partial charge in [0.05, 0.1) is 7.11 Å². The van der Waals surface area contributed by atoms with Gasteiger partial charge in [-0.1, -0.05) is 0 Å². The molecule has 0 aliphatic carbocycles. The summed E-state index contributed by atoms with van der Waals surface area (Å²) in [5.74, 6) is 0.882. The molecule has 1 aliphatic heterocycles. The van der Waals surface area contributed by atoms with Gasteiger partial charge in [0.1, 0.15) is 12.1 Å². The van der Waals surface area contributed by atoms with Gasteiger partial charge in [-0.05, 0) is 25.7 Å². The lowest BCUT2D eigenvalue weighted by atomic mass is 9.91. The van der Waals surface area contributed by atoms with Crippen LogP contribution >= 0.6 is 0 Å². The third-order valence-electron chi connectivity index (χ3n) is 4.11. The van der Waals surface area contributed by atoms with Crippen LogP contribution in [0, 0.1) is 12.8 Å². The van der Waals surface area contributed by atoms with Crippen LogP contribution in [0.25, 0.3) is 5.78 Å². The summed E-state index contributed by atoms with van der Waals surface area (Å²) in [6.45, 7) is 3.39. The van der Waals surface area contributed by atoms with Gasteiger partial charge >= 0.3 is 5.97 Å². The lowest BCUT2D eigenvalue weighted by Gasteiger charge is -2.34. The molecule has 3 rings (SSSR count). The zero-order valence-electron chi connectivity index (χ0n) is 12.6. The summed E-state index contributed by atoms with van der Waals surface area (Å²) in [6.07, 6.45) is 1.87. The second kappa shape index (κ2) is 5.88. The van der Waals surface area contributed by atoms with Crippen LogP contribution in [-0.2, 0) is 9.53 Å². The molecule has 118 valence electrons. The number of aromatic nitrogens is 4. The number of nitrogens with zero attached hydrogens (tertiary/aromatic N) is 5. The van der Waals surface area contributed by atoms with Crippen LogP contribution in [0.4, 0.5) is 5.82 Å². The van der Waals surface area contributed by atoms with E-state index in [0.717, 1.165) is 24.6 Å². The van der Waals surface area contributed by atoms with E-state index in [2.05, 4.69) is 24.7 Å². The van der Waals surface area contributed by atoms with Crippen molar-refractivity contribution < 1.29 is 14.6 Å². The molecule has 8 heteroatoms. The molecule has 22 heavy (non-hydrogen) atoms. The van der Waals surface area contributed by atoms with Crippen molar-refractivity contribution in [2.75, 3.05) is 25.1 Å². The van der Waals surface area contributed by atoms with Crippen molar-refractivity contribution in [3.8, 4) is 0 Å². The third kappa shape index (κ3) is 2.61. The molecule has 3 heterocycles. The first-order valence-electron chi connectivity index (χ1n) is 7.28. The summed E-state index contributed by atoms with van der Waals surface area (Å²) in [5.41, 5.74) is 0.882. The number of hydrogen-bond donors (Lipinski definition) is 1. The van der Waals surface area contributed by atoms with Gasteiger partial charge in [0.15, 0.2) is 6.10 Å². The maximum atomic E-state index is 11.4. The number of aliphatic hydroxyl groups is 1. The summed E-state index contributed by atoms with van der Waals surface area (Å²) in [4.78, 5) is 22.1. The Morgan fingerprint density at radius 1 is 1.45 bits per heavy atom. The molecule has 0 amide bonds. The van der Waals surface area contributed by atoms with Crippen LogP contribution < -0.4 is 4.90 Å². The molecule has 1 aliphatic rings. The minimum Gasteiger partial charge on any atom is -0.467 e. The Kier molecular flexibility index (Phi) is 3.93. The Bertz CT molecular complexity index is 678. The number of aliphatic hydroxyl groups excluding tert-OH is 1. The van der Waals surface area contributed by atoms with Gasteiger partial charge in [-0.15, -0.1) is 0 Å². The minimum atomic E-state index is -1.04.